The number of rotatable bonds is 5. The van der Waals surface area contributed by atoms with E-state index in [2.05, 4.69) is 0 Å². The largest absolute Gasteiger partial charge is 0.485 e. The second kappa shape index (κ2) is 6.84. The van der Waals surface area contributed by atoms with Gasteiger partial charge < -0.3 is 9.64 Å². The summed E-state index contributed by atoms with van der Waals surface area (Å²) in [5, 5.41) is 0.564. The molecule has 1 amide bonds. The van der Waals surface area contributed by atoms with Crippen LogP contribution >= 0.6 is 11.6 Å². The average Bonchev–Trinajstić information content (AvgIpc) is 2.99. The van der Waals surface area contributed by atoms with Crippen LogP contribution in [0.25, 0.3) is 0 Å². The maximum Gasteiger partial charge on any atom is 0.227 e. The molecule has 1 heterocycles. The molecule has 0 saturated carbocycles. The number of carbonyl (C=O) groups excluding carboxylic acids is 2. The number of hydrogen-bond donors (Lipinski definition) is 0. The molecule has 0 radical (unpaired) electrons. The van der Waals surface area contributed by atoms with E-state index >= 15 is 0 Å². The predicted molar refractivity (Wildman–Crippen MR) is 89.3 cm³/mol. The number of ketones is 1. The number of hydrogen-bond acceptors (Lipinski definition) is 3. The summed E-state index contributed by atoms with van der Waals surface area (Å²) in [4.78, 5) is 25.6. The van der Waals surface area contributed by atoms with Gasteiger partial charge in [0.25, 0.3) is 0 Å². The zero-order chi connectivity index (χ0) is 16.2. The molecule has 0 aromatic heterocycles. The molecule has 0 spiro atoms. The van der Waals surface area contributed by atoms with E-state index in [1.807, 2.05) is 0 Å². The lowest BCUT2D eigenvalue weighted by molar-refractivity contribution is -0.117. The minimum absolute atomic E-state index is 0.0532. The average molecular weight is 330 g/mol. The molecule has 2 aromatic rings. The Bertz CT molecular complexity index is 727. The van der Waals surface area contributed by atoms with E-state index in [0.29, 0.717) is 22.8 Å². The molecular weight excluding hydrogens is 314 g/mol. The first-order valence-corrected chi connectivity index (χ1v) is 7.83. The number of Topliss-reactive ketones (excluding diaryl/α,β-unsaturated/α-hetero) is 1. The maximum absolute atomic E-state index is 12.2. The monoisotopic (exact) mass is 329 g/mol. The smallest absolute Gasteiger partial charge is 0.227 e. The molecule has 1 aliphatic rings. The SMILES string of the molecule is O=C(COc1cccc(Cl)c1)c1ccc(N2CCCC2=O)cc1. The molecule has 1 aliphatic heterocycles. The molecule has 2 aromatic carbocycles. The Morgan fingerprint density at radius 2 is 1.96 bits per heavy atom. The zero-order valence-corrected chi connectivity index (χ0v) is 13.3. The highest BCUT2D eigenvalue weighted by atomic mass is 35.5. The van der Waals surface area contributed by atoms with Crippen molar-refractivity contribution < 1.29 is 14.3 Å². The van der Waals surface area contributed by atoms with Crippen LogP contribution in [0.1, 0.15) is 23.2 Å². The van der Waals surface area contributed by atoms with Gasteiger partial charge in [-0.15, -0.1) is 0 Å². The summed E-state index contributed by atoms with van der Waals surface area (Å²) in [7, 11) is 0. The fourth-order valence-electron chi connectivity index (χ4n) is 2.54. The van der Waals surface area contributed by atoms with E-state index in [9.17, 15) is 9.59 Å². The molecule has 4 nitrogen and oxygen atoms in total. The Labute approximate surface area is 139 Å². The van der Waals surface area contributed by atoms with Gasteiger partial charge in [-0.1, -0.05) is 17.7 Å². The first kappa shape index (κ1) is 15.6. The molecular formula is C18H16ClNO3. The summed E-state index contributed by atoms with van der Waals surface area (Å²) >= 11 is 5.87. The Kier molecular flexibility index (Phi) is 4.63. The Morgan fingerprint density at radius 3 is 2.61 bits per heavy atom. The summed E-state index contributed by atoms with van der Waals surface area (Å²) in [6, 6.07) is 14.0. The van der Waals surface area contributed by atoms with E-state index < -0.39 is 0 Å². The van der Waals surface area contributed by atoms with Crippen LogP contribution in [0.4, 0.5) is 5.69 Å². The fraction of sp³-hybridized carbons (Fsp3) is 0.222. The van der Waals surface area contributed by atoms with E-state index in [1.165, 1.54) is 0 Å². The van der Waals surface area contributed by atoms with Crippen molar-refractivity contribution in [3.63, 3.8) is 0 Å². The van der Waals surface area contributed by atoms with Crippen molar-refractivity contribution in [2.24, 2.45) is 0 Å². The predicted octanol–water partition coefficient (Wildman–Crippen LogP) is 3.73. The lowest BCUT2D eigenvalue weighted by atomic mass is 10.1. The Balaban J connectivity index is 1.62. The van der Waals surface area contributed by atoms with Gasteiger partial charge in [-0.25, -0.2) is 0 Å². The van der Waals surface area contributed by atoms with Crippen molar-refractivity contribution in [2.45, 2.75) is 12.8 Å². The standard InChI is InChI=1S/C18H16ClNO3/c19-14-3-1-4-16(11-14)23-12-17(21)13-6-8-15(9-7-13)20-10-2-5-18(20)22/h1,3-4,6-9,11H,2,5,10,12H2. The first-order chi connectivity index (χ1) is 11.1. The summed E-state index contributed by atoms with van der Waals surface area (Å²) < 4.78 is 5.45. The van der Waals surface area contributed by atoms with Gasteiger partial charge in [-0.05, 0) is 48.9 Å². The van der Waals surface area contributed by atoms with Crippen molar-refractivity contribution in [2.75, 3.05) is 18.1 Å². The second-order valence-corrected chi connectivity index (χ2v) is 5.80. The van der Waals surface area contributed by atoms with Gasteiger partial charge in [0.2, 0.25) is 5.91 Å². The molecule has 118 valence electrons. The van der Waals surface area contributed by atoms with Crippen LogP contribution in [0.5, 0.6) is 5.75 Å². The van der Waals surface area contributed by atoms with E-state index in [0.717, 1.165) is 18.7 Å². The lowest BCUT2D eigenvalue weighted by Gasteiger charge is -2.15. The third-order valence-electron chi connectivity index (χ3n) is 3.74. The van der Waals surface area contributed by atoms with E-state index in [4.69, 9.17) is 16.3 Å². The topological polar surface area (TPSA) is 46.6 Å². The summed E-state index contributed by atoms with van der Waals surface area (Å²) in [5.74, 6) is 0.572. The summed E-state index contributed by atoms with van der Waals surface area (Å²) in [5.41, 5.74) is 1.39. The summed E-state index contributed by atoms with van der Waals surface area (Å²) in [6.45, 7) is 0.687. The van der Waals surface area contributed by atoms with Crippen molar-refractivity contribution in [1.82, 2.24) is 0 Å². The zero-order valence-electron chi connectivity index (χ0n) is 12.5. The van der Waals surface area contributed by atoms with Crippen LogP contribution in [0.2, 0.25) is 5.02 Å². The van der Waals surface area contributed by atoms with Crippen LogP contribution in [-0.4, -0.2) is 24.8 Å². The summed E-state index contributed by atoms with van der Waals surface area (Å²) in [6.07, 6.45) is 1.47. The molecule has 1 saturated heterocycles. The fourth-order valence-corrected chi connectivity index (χ4v) is 2.72. The molecule has 5 heteroatoms. The number of halogens is 1. The van der Waals surface area contributed by atoms with Crippen LogP contribution < -0.4 is 9.64 Å². The van der Waals surface area contributed by atoms with Gasteiger partial charge in [0.1, 0.15) is 5.75 Å². The van der Waals surface area contributed by atoms with E-state index in [1.54, 1.807) is 53.4 Å². The van der Waals surface area contributed by atoms with Crippen molar-refractivity contribution >= 4 is 29.0 Å². The van der Waals surface area contributed by atoms with Crippen molar-refractivity contribution in [3.8, 4) is 5.75 Å². The highest BCUT2D eigenvalue weighted by Crippen LogP contribution is 2.22. The van der Waals surface area contributed by atoms with Crippen LogP contribution in [0.15, 0.2) is 48.5 Å². The molecule has 0 aliphatic carbocycles. The Hall–Kier alpha value is -2.33. The van der Waals surface area contributed by atoms with Crippen LogP contribution in [-0.2, 0) is 4.79 Å². The van der Waals surface area contributed by atoms with Gasteiger partial charge in [0, 0.05) is 29.2 Å². The van der Waals surface area contributed by atoms with Gasteiger partial charge in [0.05, 0.1) is 0 Å². The first-order valence-electron chi connectivity index (χ1n) is 7.45. The van der Waals surface area contributed by atoms with Crippen LogP contribution in [0.3, 0.4) is 0 Å². The minimum atomic E-state index is -0.121. The van der Waals surface area contributed by atoms with Gasteiger partial charge in [0.15, 0.2) is 12.4 Å². The highest BCUT2D eigenvalue weighted by Gasteiger charge is 2.21. The number of carbonyl (C=O) groups is 2. The number of ether oxygens (including phenoxy) is 1. The van der Waals surface area contributed by atoms with Gasteiger partial charge in [-0.2, -0.15) is 0 Å². The quantitative estimate of drug-likeness (QED) is 0.785. The molecule has 0 unspecified atom stereocenters. The van der Waals surface area contributed by atoms with Gasteiger partial charge >= 0.3 is 0 Å². The molecule has 0 N–H and O–H groups in total. The van der Waals surface area contributed by atoms with Crippen molar-refractivity contribution in [1.29, 1.82) is 0 Å². The molecule has 1 fully saturated rings. The number of nitrogens with zero attached hydrogens (tertiary/aromatic N) is 1. The molecule has 0 atom stereocenters. The van der Waals surface area contributed by atoms with E-state index in [-0.39, 0.29) is 18.3 Å². The minimum Gasteiger partial charge on any atom is -0.485 e. The molecule has 23 heavy (non-hydrogen) atoms. The normalized spacial score (nSPS) is 14.1. The molecule has 0 bridgehead atoms. The van der Waals surface area contributed by atoms with Gasteiger partial charge in [-0.3, -0.25) is 9.59 Å². The van der Waals surface area contributed by atoms with Crippen LogP contribution in [0, 0.1) is 0 Å². The number of anilines is 1. The van der Waals surface area contributed by atoms with Crippen molar-refractivity contribution in [3.05, 3.63) is 59.1 Å². The maximum atomic E-state index is 12.2. The third kappa shape index (κ3) is 3.71. The third-order valence-corrected chi connectivity index (χ3v) is 3.98. The Morgan fingerprint density at radius 1 is 1.17 bits per heavy atom. The molecule has 3 rings (SSSR count). The lowest BCUT2D eigenvalue weighted by Crippen LogP contribution is -2.23. The number of amides is 1. The second-order valence-electron chi connectivity index (χ2n) is 5.37. The number of benzene rings is 2. The highest BCUT2D eigenvalue weighted by molar-refractivity contribution is 6.30.